The SMILES string of the molecule is Cc1noc(CCC(=O)N2CCCC[C@@H]2C(=O)O)n1. The quantitative estimate of drug-likeness (QED) is 0.865. The second-order valence-electron chi connectivity index (χ2n) is 4.67. The molecule has 2 heterocycles. The number of hydrogen-bond acceptors (Lipinski definition) is 5. The van der Waals surface area contributed by atoms with Crippen molar-refractivity contribution in [2.45, 2.75) is 45.1 Å². The number of carbonyl (C=O) groups excluding carboxylic acids is 1. The molecule has 0 spiro atoms. The van der Waals surface area contributed by atoms with E-state index in [1.807, 2.05) is 0 Å². The molecule has 2 rings (SSSR count). The maximum Gasteiger partial charge on any atom is 0.326 e. The van der Waals surface area contributed by atoms with Crippen LogP contribution in [0.1, 0.15) is 37.4 Å². The van der Waals surface area contributed by atoms with Crippen LogP contribution < -0.4 is 0 Å². The summed E-state index contributed by atoms with van der Waals surface area (Å²) in [5.41, 5.74) is 0. The molecule has 0 saturated carbocycles. The van der Waals surface area contributed by atoms with Crippen LogP contribution in [0.3, 0.4) is 0 Å². The van der Waals surface area contributed by atoms with Crippen LogP contribution in [0.2, 0.25) is 0 Å². The molecule has 7 heteroatoms. The average Bonchev–Trinajstić information content (AvgIpc) is 2.81. The standard InChI is InChI=1S/C12H17N3O4/c1-8-13-10(19-14-8)5-6-11(16)15-7-3-2-4-9(15)12(17)18/h9H,2-7H2,1H3,(H,17,18)/t9-/m1/s1. The number of hydrogen-bond donors (Lipinski definition) is 1. The molecule has 1 amide bonds. The summed E-state index contributed by atoms with van der Waals surface area (Å²) in [5.74, 6) is -0.150. The highest BCUT2D eigenvalue weighted by atomic mass is 16.5. The largest absolute Gasteiger partial charge is 0.480 e. The summed E-state index contributed by atoms with van der Waals surface area (Å²) in [4.78, 5) is 28.6. The zero-order valence-electron chi connectivity index (χ0n) is 10.8. The first kappa shape index (κ1) is 13.5. The van der Waals surface area contributed by atoms with E-state index in [0.29, 0.717) is 31.1 Å². The van der Waals surface area contributed by atoms with Gasteiger partial charge in [0.25, 0.3) is 0 Å². The highest BCUT2D eigenvalue weighted by Crippen LogP contribution is 2.18. The van der Waals surface area contributed by atoms with Gasteiger partial charge < -0.3 is 14.5 Å². The summed E-state index contributed by atoms with van der Waals surface area (Å²) in [7, 11) is 0. The molecule has 1 aromatic heterocycles. The Kier molecular flexibility index (Phi) is 4.13. The third-order valence-electron chi connectivity index (χ3n) is 3.23. The van der Waals surface area contributed by atoms with Crippen LogP contribution in [-0.4, -0.2) is 44.6 Å². The monoisotopic (exact) mass is 267 g/mol. The second kappa shape index (κ2) is 5.81. The van der Waals surface area contributed by atoms with Gasteiger partial charge in [-0.2, -0.15) is 4.98 Å². The molecule has 0 aliphatic carbocycles. The first-order chi connectivity index (χ1) is 9.08. The van der Waals surface area contributed by atoms with Crippen LogP contribution in [0.25, 0.3) is 0 Å². The Balaban J connectivity index is 1.92. The molecule has 1 fully saturated rings. The van der Waals surface area contributed by atoms with E-state index < -0.39 is 12.0 Å². The molecule has 19 heavy (non-hydrogen) atoms. The van der Waals surface area contributed by atoms with E-state index in [1.54, 1.807) is 6.92 Å². The molecule has 0 radical (unpaired) electrons. The van der Waals surface area contributed by atoms with Crippen molar-refractivity contribution >= 4 is 11.9 Å². The van der Waals surface area contributed by atoms with Gasteiger partial charge in [-0.05, 0) is 26.2 Å². The zero-order valence-corrected chi connectivity index (χ0v) is 10.8. The van der Waals surface area contributed by atoms with E-state index >= 15 is 0 Å². The van der Waals surface area contributed by atoms with Crippen molar-refractivity contribution in [2.75, 3.05) is 6.54 Å². The minimum absolute atomic E-state index is 0.164. The first-order valence-electron chi connectivity index (χ1n) is 6.39. The van der Waals surface area contributed by atoms with Crippen LogP contribution in [0, 0.1) is 6.92 Å². The summed E-state index contributed by atoms with van der Waals surface area (Å²) in [6, 6.07) is -0.689. The Morgan fingerprint density at radius 3 is 2.89 bits per heavy atom. The van der Waals surface area contributed by atoms with Crippen molar-refractivity contribution in [3.63, 3.8) is 0 Å². The lowest BCUT2D eigenvalue weighted by Gasteiger charge is -2.32. The van der Waals surface area contributed by atoms with Gasteiger partial charge >= 0.3 is 5.97 Å². The van der Waals surface area contributed by atoms with Crippen LogP contribution in [0.15, 0.2) is 4.52 Å². The van der Waals surface area contributed by atoms with Gasteiger partial charge in [-0.15, -0.1) is 0 Å². The minimum atomic E-state index is -0.929. The maximum atomic E-state index is 12.1. The molecule has 1 aromatic rings. The fourth-order valence-electron chi connectivity index (χ4n) is 2.29. The van der Waals surface area contributed by atoms with Crippen molar-refractivity contribution in [2.24, 2.45) is 0 Å². The van der Waals surface area contributed by atoms with E-state index in [-0.39, 0.29) is 12.3 Å². The molecule has 0 unspecified atom stereocenters. The number of rotatable bonds is 4. The Hall–Kier alpha value is -1.92. The molecular weight excluding hydrogens is 250 g/mol. The Morgan fingerprint density at radius 2 is 2.26 bits per heavy atom. The molecule has 1 N–H and O–H groups in total. The minimum Gasteiger partial charge on any atom is -0.480 e. The van der Waals surface area contributed by atoms with Crippen LogP contribution in [-0.2, 0) is 16.0 Å². The number of aryl methyl sites for hydroxylation is 2. The molecular formula is C12H17N3O4. The van der Waals surface area contributed by atoms with Gasteiger partial charge in [0.15, 0.2) is 5.82 Å². The van der Waals surface area contributed by atoms with Gasteiger partial charge in [-0.1, -0.05) is 5.16 Å². The molecule has 0 bridgehead atoms. The second-order valence-corrected chi connectivity index (χ2v) is 4.67. The van der Waals surface area contributed by atoms with Gasteiger partial charge in [0, 0.05) is 19.4 Å². The van der Waals surface area contributed by atoms with E-state index in [4.69, 9.17) is 9.63 Å². The van der Waals surface area contributed by atoms with Crippen molar-refractivity contribution in [3.05, 3.63) is 11.7 Å². The molecule has 1 atom stereocenters. The van der Waals surface area contributed by atoms with Crippen LogP contribution >= 0.6 is 0 Å². The third kappa shape index (κ3) is 3.30. The number of likely N-dealkylation sites (tertiary alicyclic amines) is 1. The molecule has 1 aliphatic heterocycles. The van der Waals surface area contributed by atoms with Gasteiger partial charge in [0.1, 0.15) is 6.04 Å². The molecule has 1 aliphatic rings. The topological polar surface area (TPSA) is 96.5 Å². The maximum absolute atomic E-state index is 12.1. The van der Waals surface area contributed by atoms with Gasteiger partial charge in [-0.25, -0.2) is 4.79 Å². The third-order valence-corrected chi connectivity index (χ3v) is 3.23. The highest BCUT2D eigenvalue weighted by Gasteiger charge is 2.31. The van der Waals surface area contributed by atoms with Crippen molar-refractivity contribution in [1.82, 2.24) is 15.0 Å². The smallest absolute Gasteiger partial charge is 0.326 e. The number of piperidine rings is 1. The highest BCUT2D eigenvalue weighted by molar-refractivity contribution is 5.83. The lowest BCUT2D eigenvalue weighted by atomic mass is 10.0. The molecule has 104 valence electrons. The van der Waals surface area contributed by atoms with E-state index in [1.165, 1.54) is 4.90 Å². The van der Waals surface area contributed by atoms with Crippen LogP contribution in [0.4, 0.5) is 0 Å². The average molecular weight is 267 g/mol. The summed E-state index contributed by atoms with van der Waals surface area (Å²) in [6.45, 7) is 2.22. The molecule has 1 saturated heterocycles. The summed E-state index contributed by atoms with van der Waals surface area (Å²) in [6.07, 6.45) is 2.79. The fourth-order valence-corrected chi connectivity index (χ4v) is 2.29. The van der Waals surface area contributed by atoms with E-state index in [2.05, 4.69) is 10.1 Å². The lowest BCUT2D eigenvalue weighted by molar-refractivity contribution is -0.152. The molecule has 0 aromatic carbocycles. The van der Waals surface area contributed by atoms with E-state index in [9.17, 15) is 9.59 Å². The number of amides is 1. The lowest BCUT2D eigenvalue weighted by Crippen LogP contribution is -2.48. The van der Waals surface area contributed by atoms with Gasteiger partial charge in [0.2, 0.25) is 11.8 Å². The summed E-state index contributed by atoms with van der Waals surface area (Å²) >= 11 is 0. The zero-order chi connectivity index (χ0) is 13.8. The number of aliphatic carboxylic acids is 1. The number of carbonyl (C=O) groups is 2. The van der Waals surface area contributed by atoms with Crippen molar-refractivity contribution in [1.29, 1.82) is 0 Å². The number of carboxylic acid groups (broad SMARTS) is 1. The van der Waals surface area contributed by atoms with Gasteiger partial charge in [-0.3, -0.25) is 4.79 Å². The fraction of sp³-hybridized carbons (Fsp3) is 0.667. The van der Waals surface area contributed by atoms with E-state index in [0.717, 1.165) is 12.8 Å². The number of carboxylic acids is 1. The van der Waals surface area contributed by atoms with Crippen LogP contribution in [0.5, 0.6) is 0 Å². The van der Waals surface area contributed by atoms with Crippen molar-refractivity contribution in [3.8, 4) is 0 Å². The Bertz CT molecular complexity index is 471. The van der Waals surface area contributed by atoms with Crippen molar-refractivity contribution < 1.29 is 19.2 Å². The summed E-state index contributed by atoms with van der Waals surface area (Å²) < 4.78 is 4.93. The predicted molar refractivity (Wildman–Crippen MR) is 64.3 cm³/mol. The summed E-state index contributed by atoms with van der Waals surface area (Å²) in [5, 5.41) is 12.8. The Labute approximate surface area is 110 Å². The normalized spacial score (nSPS) is 19.4. The number of aromatic nitrogens is 2. The van der Waals surface area contributed by atoms with Gasteiger partial charge in [0.05, 0.1) is 0 Å². The Morgan fingerprint density at radius 1 is 1.47 bits per heavy atom. The molecule has 7 nitrogen and oxygen atoms in total. The number of nitrogens with zero attached hydrogens (tertiary/aromatic N) is 3. The first-order valence-corrected chi connectivity index (χ1v) is 6.39. The predicted octanol–water partition coefficient (Wildman–Crippen LogP) is 0.776.